The Labute approximate surface area is 208 Å². The van der Waals surface area contributed by atoms with E-state index in [1.54, 1.807) is 24.3 Å². The minimum atomic E-state index is -0.130. The zero-order chi connectivity index (χ0) is 25.1. The van der Waals surface area contributed by atoms with Crippen molar-refractivity contribution in [2.24, 2.45) is 4.99 Å². The van der Waals surface area contributed by atoms with Crippen molar-refractivity contribution < 1.29 is 4.74 Å². The number of fused-ring (bicyclic) bond motifs is 1. The van der Waals surface area contributed by atoms with E-state index in [2.05, 4.69) is 46.7 Å². The van der Waals surface area contributed by atoms with Crippen LogP contribution in [-0.4, -0.2) is 71.9 Å². The van der Waals surface area contributed by atoms with Gasteiger partial charge in [0, 0.05) is 32.1 Å². The number of para-hydroxylation sites is 1. The van der Waals surface area contributed by atoms with Gasteiger partial charge in [-0.3, -0.25) is 0 Å². The topological polar surface area (TPSA) is 112 Å². The summed E-state index contributed by atoms with van der Waals surface area (Å²) in [7, 11) is 5.40. The van der Waals surface area contributed by atoms with Crippen LogP contribution in [0.3, 0.4) is 0 Å². The highest BCUT2D eigenvalue weighted by Gasteiger charge is 2.25. The number of nitrogens with zero attached hydrogens (tertiary/aromatic N) is 10. The zero-order valence-corrected chi connectivity index (χ0v) is 20.5. The minimum absolute atomic E-state index is 0.130. The van der Waals surface area contributed by atoms with Crippen molar-refractivity contribution in [3.05, 3.63) is 67.3 Å². The molecule has 4 aromatic heterocycles. The SMILES string of the molecule is CCC(c1cn(-c2ccccc2)nn1)n1cc(-c2cncnc2OC)c2c(/N=C\N(C)C)ncnc21. The lowest BCUT2D eigenvalue weighted by Crippen LogP contribution is -2.10. The highest BCUT2D eigenvalue weighted by atomic mass is 16.5. The van der Waals surface area contributed by atoms with E-state index in [0.29, 0.717) is 11.7 Å². The van der Waals surface area contributed by atoms with Crippen molar-refractivity contribution in [3.8, 4) is 22.7 Å². The van der Waals surface area contributed by atoms with Crippen LogP contribution in [0.1, 0.15) is 25.1 Å². The highest BCUT2D eigenvalue weighted by Crippen LogP contribution is 2.40. The average molecular weight is 483 g/mol. The summed E-state index contributed by atoms with van der Waals surface area (Å²) in [6, 6.07) is 9.78. The fraction of sp³-hybridized carbons (Fsp3) is 0.240. The third-order valence-corrected chi connectivity index (χ3v) is 5.76. The lowest BCUT2D eigenvalue weighted by atomic mass is 10.1. The molecule has 0 fully saturated rings. The molecule has 36 heavy (non-hydrogen) atoms. The van der Waals surface area contributed by atoms with Crippen molar-refractivity contribution in [2.75, 3.05) is 21.2 Å². The summed E-state index contributed by atoms with van der Waals surface area (Å²) in [6.07, 6.45) is 11.2. The van der Waals surface area contributed by atoms with Crippen LogP contribution in [-0.2, 0) is 0 Å². The van der Waals surface area contributed by atoms with E-state index >= 15 is 0 Å². The van der Waals surface area contributed by atoms with Crippen LogP contribution in [0.4, 0.5) is 5.82 Å². The number of hydrogen-bond acceptors (Lipinski definition) is 8. The van der Waals surface area contributed by atoms with E-state index < -0.39 is 0 Å². The molecule has 0 saturated carbocycles. The zero-order valence-electron chi connectivity index (χ0n) is 20.5. The van der Waals surface area contributed by atoms with Gasteiger partial charge in [-0.05, 0) is 18.6 Å². The summed E-state index contributed by atoms with van der Waals surface area (Å²) in [5, 5.41) is 9.65. The molecule has 0 bridgehead atoms. The van der Waals surface area contributed by atoms with E-state index in [1.807, 2.05) is 61.7 Å². The molecule has 4 heterocycles. The van der Waals surface area contributed by atoms with E-state index in [9.17, 15) is 0 Å². The minimum Gasteiger partial charge on any atom is -0.480 e. The lowest BCUT2D eigenvalue weighted by Gasteiger charge is -2.15. The quantitative estimate of drug-likeness (QED) is 0.243. The van der Waals surface area contributed by atoms with Gasteiger partial charge in [0.2, 0.25) is 5.88 Å². The largest absolute Gasteiger partial charge is 0.480 e. The number of rotatable bonds is 8. The molecule has 11 nitrogen and oxygen atoms in total. The van der Waals surface area contributed by atoms with Crippen molar-refractivity contribution >= 4 is 23.2 Å². The van der Waals surface area contributed by atoms with Crippen molar-refractivity contribution in [3.63, 3.8) is 0 Å². The monoisotopic (exact) mass is 482 g/mol. The molecular weight excluding hydrogens is 456 g/mol. The van der Waals surface area contributed by atoms with Crippen LogP contribution < -0.4 is 4.74 Å². The molecular formula is C25H26N10O. The van der Waals surface area contributed by atoms with Gasteiger partial charge in [-0.2, -0.15) is 0 Å². The molecule has 5 aromatic rings. The van der Waals surface area contributed by atoms with Crippen LogP contribution in [0.5, 0.6) is 5.88 Å². The fourth-order valence-corrected chi connectivity index (χ4v) is 4.13. The van der Waals surface area contributed by atoms with Gasteiger partial charge in [-0.15, -0.1) is 5.10 Å². The number of benzene rings is 1. The van der Waals surface area contributed by atoms with E-state index in [0.717, 1.165) is 40.0 Å². The summed E-state index contributed by atoms with van der Waals surface area (Å²) in [4.78, 5) is 24.1. The molecule has 0 spiro atoms. The first-order valence-corrected chi connectivity index (χ1v) is 11.5. The van der Waals surface area contributed by atoms with E-state index in [4.69, 9.17) is 4.74 Å². The number of ether oxygens (including phenoxy) is 1. The first-order valence-electron chi connectivity index (χ1n) is 11.5. The maximum Gasteiger partial charge on any atom is 0.224 e. The summed E-state index contributed by atoms with van der Waals surface area (Å²) in [6.45, 7) is 2.11. The Bertz CT molecular complexity index is 1510. The Kier molecular flexibility index (Phi) is 6.35. The van der Waals surface area contributed by atoms with Crippen molar-refractivity contribution in [1.29, 1.82) is 0 Å². The Morgan fingerprint density at radius 1 is 1.06 bits per heavy atom. The standard InChI is InChI=1S/C25H26N10O/c1-5-21(20-13-35(32-31-20)17-9-7-6-8-10-17)34-12-19(18-11-26-14-29-25(18)36-4)22-23(30-16-33(2)3)27-15-28-24(22)34/h6-16,21H,5H2,1-4H3/b30-16-. The van der Waals surface area contributed by atoms with Gasteiger partial charge in [0.15, 0.2) is 5.82 Å². The normalized spacial score (nSPS) is 12.3. The Hall–Kier alpha value is -4.67. The Morgan fingerprint density at radius 2 is 1.89 bits per heavy atom. The Morgan fingerprint density at radius 3 is 2.64 bits per heavy atom. The number of methoxy groups -OCH3 is 1. The van der Waals surface area contributed by atoms with Gasteiger partial charge in [-0.25, -0.2) is 29.6 Å². The highest BCUT2D eigenvalue weighted by molar-refractivity contribution is 6.02. The predicted molar refractivity (Wildman–Crippen MR) is 137 cm³/mol. The molecule has 1 unspecified atom stereocenters. The third kappa shape index (κ3) is 4.26. The van der Waals surface area contributed by atoms with Crippen LogP contribution >= 0.6 is 0 Å². The van der Waals surface area contributed by atoms with Crippen LogP contribution in [0, 0.1) is 0 Å². The van der Waals surface area contributed by atoms with Crippen molar-refractivity contribution in [2.45, 2.75) is 19.4 Å². The fourth-order valence-electron chi connectivity index (χ4n) is 4.13. The maximum atomic E-state index is 5.55. The van der Waals surface area contributed by atoms with E-state index in [1.165, 1.54) is 12.7 Å². The number of hydrogen-bond donors (Lipinski definition) is 0. The number of aromatic nitrogens is 8. The molecule has 1 aromatic carbocycles. The van der Waals surface area contributed by atoms with Gasteiger partial charge in [-0.1, -0.05) is 30.3 Å². The molecule has 1 atom stereocenters. The van der Waals surface area contributed by atoms with Gasteiger partial charge < -0.3 is 14.2 Å². The predicted octanol–water partition coefficient (Wildman–Crippen LogP) is 3.70. The molecule has 11 heteroatoms. The maximum absolute atomic E-state index is 5.55. The van der Waals surface area contributed by atoms with Crippen LogP contribution in [0.15, 0.2) is 66.6 Å². The summed E-state index contributed by atoms with van der Waals surface area (Å²) in [5.41, 5.74) is 4.03. The first kappa shape index (κ1) is 23.1. The van der Waals surface area contributed by atoms with E-state index in [-0.39, 0.29) is 6.04 Å². The lowest BCUT2D eigenvalue weighted by molar-refractivity contribution is 0.398. The molecule has 0 saturated heterocycles. The summed E-state index contributed by atoms with van der Waals surface area (Å²) in [5.74, 6) is 0.995. The molecule has 182 valence electrons. The van der Waals surface area contributed by atoms with Gasteiger partial charge in [0.25, 0.3) is 0 Å². The molecule has 0 N–H and O–H groups in total. The second-order valence-corrected chi connectivity index (χ2v) is 8.35. The molecule has 0 radical (unpaired) electrons. The summed E-state index contributed by atoms with van der Waals surface area (Å²) >= 11 is 0. The smallest absolute Gasteiger partial charge is 0.224 e. The molecule has 0 aliphatic rings. The Balaban J connectivity index is 1.71. The van der Waals surface area contributed by atoms with Gasteiger partial charge >= 0.3 is 0 Å². The summed E-state index contributed by atoms with van der Waals surface area (Å²) < 4.78 is 9.41. The van der Waals surface area contributed by atoms with Gasteiger partial charge in [0.1, 0.15) is 24.0 Å². The molecule has 0 aliphatic carbocycles. The van der Waals surface area contributed by atoms with Gasteiger partial charge in [0.05, 0.1) is 42.3 Å². The second kappa shape index (κ2) is 9.90. The molecule has 0 amide bonds. The van der Waals surface area contributed by atoms with Crippen molar-refractivity contribution in [1.82, 2.24) is 44.4 Å². The van der Waals surface area contributed by atoms with Crippen LogP contribution in [0.25, 0.3) is 27.8 Å². The third-order valence-electron chi connectivity index (χ3n) is 5.76. The molecule has 0 aliphatic heterocycles. The first-order chi connectivity index (χ1) is 17.6. The number of aliphatic imine (C=N–C) groups is 1. The van der Waals surface area contributed by atoms with Crippen LogP contribution in [0.2, 0.25) is 0 Å². The molecule has 5 rings (SSSR count). The average Bonchev–Trinajstić information content (AvgIpc) is 3.55. The second-order valence-electron chi connectivity index (χ2n) is 8.35.